The monoisotopic (exact) mass is 453 g/mol. The largest absolute Gasteiger partial charge is 0.334 e. The van der Waals surface area contributed by atoms with Crippen LogP contribution in [-0.4, -0.2) is 32.7 Å². The number of aromatic nitrogens is 3. The number of amides is 1. The minimum atomic E-state index is -0.333. The molecule has 1 amide bonds. The SMILES string of the molecule is Nn1c(N/N=C/c2ccc(F)cc2)nnc1SCC(=O)Nc1ccc(Cl)cc1Cl. The predicted octanol–water partition coefficient (Wildman–Crippen LogP) is 3.61. The fraction of sp³-hybridized carbons (Fsp3) is 0.0588. The fourth-order valence-electron chi connectivity index (χ4n) is 2.07. The molecule has 12 heteroatoms. The van der Waals surface area contributed by atoms with Crippen LogP contribution in [0.3, 0.4) is 0 Å². The summed E-state index contributed by atoms with van der Waals surface area (Å²) in [6.45, 7) is 0. The van der Waals surface area contributed by atoms with E-state index >= 15 is 0 Å². The van der Waals surface area contributed by atoms with Crippen molar-refractivity contribution >= 4 is 58.7 Å². The van der Waals surface area contributed by atoms with Gasteiger partial charge in [-0.3, -0.25) is 4.79 Å². The number of hydrazone groups is 1. The molecule has 2 aromatic carbocycles. The lowest BCUT2D eigenvalue weighted by molar-refractivity contribution is -0.113. The summed E-state index contributed by atoms with van der Waals surface area (Å²) in [6.07, 6.45) is 1.48. The van der Waals surface area contributed by atoms with Crippen molar-refractivity contribution in [3.63, 3.8) is 0 Å². The first kappa shape index (κ1) is 20.9. The van der Waals surface area contributed by atoms with Crippen molar-refractivity contribution in [1.29, 1.82) is 0 Å². The van der Waals surface area contributed by atoms with Gasteiger partial charge in [-0.2, -0.15) is 5.10 Å². The molecule has 0 aliphatic carbocycles. The molecule has 3 rings (SSSR count). The Kier molecular flexibility index (Phi) is 6.91. The van der Waals surface area contributed by atoms with Crippen LogP contribution < -0.4 is 16.6 Å². The molecule has 8 nitrogen and oxygen atoms in total. The molecule has 0 spiro atoms. The van der Waals surface area contributed by atoms with Gasteiger partial charge in [-0.25, -0.2) is 14.5 Å². The number of carbonyl (C=O) groups is 1. The van der Waals surface area contributed by atoms with Gasteiger partial charge in [0.1, 0.15) is 5.82 Å². The number of anilines is 2. The minimum Gasteiger partial charge on any atom is -0.334 e. The number of carbonyl (C=O) groups excluding carboxylic acids is 1. The van der Waals surface area contributed by atoms with Gasteiger partial charge in [0.15, 0.2) is 0 Å². The van der Waals surface area contributed by atoms with E-state index in [9.17, 15) is 9.18 Å². The lowest BCUT2D eigenvalue weighted by Gasteiger charge is -2.07. The van der Waals surface area contributed by atoms with E-state index in [-0.39, 0.29) is 23.4 Å². The second kappa shape index (κ2) is 9.59. The van der Waals surface area contributed by atoms with Crippen molar-refractivity contribution in [1.82, 2.24) is 14.9 Å². The summed E-state index contributed by atoms with van der Waals surface area (Å²) in [7, 11) is 0. The van der Waals surface area contributed by atoms with Gasteiger partial charge in [0.05, 0.1) is 22.7 Å². The van der Waals surface area contributed by atoms with Crippen molar-refractivity contribution < 1.29 is 9.18 Å². The van der Waals surface area contributed by atoms with Crippen molar-refractivity contribution in [3.05, 3.63) is 63.9 Å². The van der Waals surface area contributed by atoms with E-state index in [1.807, 2.05) is 0 Å². The predicted molar refractivity (Wildman–Crippen MR) is 114 cm³/mol. The molecule has 0 aliphatic heterocycles. The first-order chi connectivity index (χ1) is 13.9. The highest BCUT2D eigenvalue weighted by Crippen LogP contribution is 2.26. The number of benzene rings is 2. The number of nitrogens with one attached hydrogen (secondary N) is 2. The Labute approximate surface area is 179 Å². The summed E-state index contributed by atoms with van der Waals surface area (Å²) in [5.41, 5.74) is 3.77. The molecule has 150 valence electrons. The van der Waals surface area contributed by atoms with Gasteiger partial charge in [-0.05, 0) is 35.9 Å². The van der Waals surface area contributed by atoms with Crippen LogP contribution in [-0.2, 0) is 4.79 Å². The van der Waals surface area contributed by atoms with Crippen molar-refractivity contribution in [3.8, 4) is 0 Å². The van der Waals surface area contributed by atoms with Crippen molar-refractivity contribution in [2.75, 3.05) is 22.3 Å². The van der Waals surface area contributed by atoms with Crippen molar-refractivity contribution in [2.24, 2.45) is 5.10 Å². The number of nitrogens with two attached hydrogens (primary N) is 1. The normalized spacial score (nSPS) is 11.0. The number of nitrogen functional groups attached to an aromatic ring is 1. The number of hydrogen-bond donors (Lipinski definition) is 3. The van der Waals surface area contributed by atoms with Crippen LogP contribution >= 0.6 is 35.0 Å². The molecular formula is C17H14Cl2FN7OS. The molecule has 0 bridgehead atoms. The average molecular weight is 454 g/mol. The van der Waals surface area contributed by atoms with Gasteiger partial charge in [0.2, 0.25) is 11.1 Å². The second-order valence-corrected chi connectivity index (χ2v) is 7.34. The fourth-order valence-corrected chi connectivity index (χ4v) is 3.18. The number of rotatable bonds is 7. The number of nitrogens with zero attached hydrogens (tertiary/aromatic N) is 4. The highest BCUT2D eigenvalue weighted by molar-refractivity contribution is 7.99. The zero-order chi connectivity index (χ0) is 20.8. The van der Waals surface area contributed by atoms with E-state index in [0.29, 0.717) is 26.5 Å². The van der Waals surface area contributed by atoms with Gasteiger partial charge in [-0.1, -0.05) is 47.1 Å². The summed E-state index contributed by atoms with van der Waals surface area (Å²) in [4.78, 5) is 12.1. The van der Waals surface area contributed by atoms with Crippen LogP contribution in [0.1, 0.15) is 5.56 Å². The van der Waals surface area contributed by atoms with E-state index < -0.39 is 0 Å². The molecule has 0 saturated carbocycles. The van der Waals surface area contributed by atoms with Gasteiger partial charge in [0.25, 0.3) is 5.95 Å². The van der Waals surface area contributed by atoms with Gasteiger partial charge < -0.3 is 11.2 Å². The molecule has 1 heterocycles. The molecule has 1 aromatic heterocycles. The Morgan fingerprint density at radius 2 is 2.00 bits per heavy atom. The van der Waals surface area contributed by atoms with E-state index in [1.54, 1.807) is 24.3 Å². The maximum Gasteiger partial charge on any atom is 0.264 e. The molecule has 0 radical (unpaired) electrons. The molecule has 0 fully saturated rings. The van der Waals surface area contributed by atoms with Crippen LogP contribution in [0.4, 0.5) is 16.0 Å². The second-order valence-electron chi connectivity index (χ2n) is 5.56. The van der Waals surface area contributed by atoms with Crippen LogP contribution in [0.25, 0.3) is 0 Å². The third kappa shape index (κ3) is 5.83. The van der Waals surface area contributed by atoms with Gasteiger partial charge in [-0.15, -0.1) is 10.2 Å². The van der Waals surface area contributed by atoms with Crippen LogP contribution in [0, 0.1) is 5.82 Å². The Balaban J connectivity index is 1.53. The maximum atomic E-state index is 12.9. The molecule has 0 aliphatic rings. The Bertz CT molecular complexity index is 1040. The minimum absolute atomic E-state index is 0.0349. The van der Waals surface area contributed by atoms with E-state index in [1.165, 1.54) is 24.4 Å². The molecule has 3 aromatic rings. The van der Waals surface area contributed by atoms with E-state index in [0.717, 1.165) is 16.4 Å². The zero-order valence-corrected chi connectivity index (χ0v) is 17.0. The summed E-state index contributed by atoms with van der Waals surface area (Å²) in [6, 6.07) is 10.6. The van der Waals surface area contributed by atoms with Gasteiger partial charge in [0, 0.05) is 5.02 Å². The zero-order valence-electron chi connectivity index (χ0n) is 14.6. The summed E-state index contributed by atoms with van der Waals surface area (Å²) in [5.74, 6) is 5.48. The third-order valence-corrected chi connectivity index (χ3v) is 4.94. The van der Waals surface area contributed by atoms with E-state index in [2.05, 4.69) is 26.0 Å². The third-order valence-electron chi connectivity index (χ3n) is 3.45. The summed E-state index contributed by atoms with van der Waals surface area (Å²) < 4.78 is 14.0. The lowest BCUT2D eigenvalue weighted by atomic mass is 10.2. The first-order valence-corrected chi connectivity index (χ1v) is 9.79. The highest BCUT2D eigenvalue weighted by Gasteiger charge is 2.13. The number of halogens is 3. The number of thioether (sulfide) groups is 1. The van der Waals surface area contributed by atoms with Crippen LogP contribution in [0.2, 0.25) is 10.0 Å². The van der Waals surface area contributed by atoms with Crippen molar-refractivity contribution in [2.45, 2.75) is 5.16 Å². The maximum absolute atomic E-state index is 12.9. The standard InChI is InChI=1S/C17H14Cl2FN7OS/c18-11-3-6-14(13(19)7-11)23-15(28)9-29-17-26-25-16(27(17)21)24-22-8-10-1-4-12(20)5-2-10/h1-8H,9,21H2,(H,23,28)(H,24,25)/b22-8+. The lowest BCUT2D eigenvalue weighted by Crippen LogP contribution is -2.17. The molecule has 29 heavy (non-hydrogen) atoms. The average Bonchev–Trinajstić information content (AvgIpc) is 3.04. The Morgan fingerprint density at radius 3 is 2.72 bits per heavy atom. The summed E-state index contributed by atoms with van der Waals surface area (Å²) in [5, 5.41) is 15.5. The number of hydrogen-bond acceptors (Lipinski definition) is 7. The topological polar surface area (TPSA) is 110 Å². The summed E-state index contributed by atoms with van der Waals surface area (Å²) >= 11 is 12.9. The van der Waals surface area contributed by atoms with Gasteiger partial charge >= 0.3 is 0 Å². The Hall–Kier alpha value is -2.82. The molecule has 0 unspecified atom stereocenters. The molecular weight excluding hydrogens is 440 g/mol. The van der Waals surface area contributed by atoms with Crippen LogP contribution in [0.15, 0.2) is 52.7 Å². The first-order valence-electron chi connectivity index (χ1n) is 8.05. The quantitative estimate of drug-likeness (QED) is 0.218. The molecule has 0 atom stereocenters. The Morgan fingerprint density at radius 1 is 1.24 bits per heavy atom. The van der Waals surface area contributed by atoms with Crippen LogP contribution in [0.5, 0.6) is 0 Å². The molecule has 0 saturated heterocycles. The smallest absolute Gasteiger partial charge is 0.264 e. The molecule has 4 N–H and O–H groups in total. The highest BCUT2D eigenvalue weighted by atomic mass is 35.5. The van der Waals surface area contributed by atoms with E-state index in [4.69, 9.17) is 29.0 Å².